The quantitative estimate of drug-likeness (QED) is 0.711. The zero-order valence-corrected chi connectivity index (χ0v) is 8.67. The fourth-order valence-corrected chi connectivity index (χ4v) is 1.36. The molecule has 14 heavy (non-hydrogen) atoms. The van der Waals surface area contributed by atoms with Crippen LogP contribution in [0, 0.1) is 17.2 Å². The summed E-state index contributed by atoms with van der Waals surface area (Å²) in [5, 5.41) is 11.9. The zero-order valence-electron chi connectivity index (χ0n) is 8.67. The van der Waals surface area contributed by atoms with Crippen LogP contribution in [0.1, 0.15) is 26.7 Å². The molecule has 1 aliphatic heterocycles. The minimum atomic E-state index is -0.695. The van der Waals surface area contributed by atoms with Crippen LogP contribution >= 0.6 is 0 Å². The second-order valence-corrected chi connectivity index (χ2v) is 3.95. The van der Waals surface area contributed by atoms with Gasteiger partial charge >= 0.3 is 0 Å². The van der Waals surface area contributed by atoms with Crippen LogP contribution in [0.4, 0.5) is 0 Å². The summed E-state index contributed by atoms with van der Waals surface area (Å²) in [6.45, 7) is 4.73. The lowest BCUT2D eigenvalue weighted by atomic mass is 9.91. The highest BCUT2D eigenvalue weighted by atomic mass is 16.5. The molecule has 0 radical (unpaired) electrons. The van der Waals surface area contributed by atoms with Crippen molar-refractivity contribution in [2.75, 3.05) is 13.2 Å². The highest BCUT2D eigenvalue weighted by Gasteiger charge is 2.34. The van der Waals surface area contributed by atoms with Crippen LogP contribution in [0.2, 0.25) is 0 Å². The molecule has 1 fully saturated rings. The molecule has 1 rings (SSSR count). The molecular formula is C10H16N2O2. The van der Waals surface area contributed by atoms with Gasteiger partial charge in [-0.05, 0) is 0 Å². The van der Waals surface area contributed by atoms with Gasteiger partial charge in [0.25, 0.3) is 0 Å². The molecule has 1 aliphatic rings. The lowest BCUT2D eigenvalue weighted by molar-refractivity contribution is -0.126. The standard InChI is InChI=1S/C10H16N2O2/c1-8(2)9(13)12-10(7-11)3-5-14-6-4-10/h8H,3-6H2,1-2H3,(H,12,13). The number of ether oxygens (including phenoxy) is 1. The van der Waals surface area contributed by atoms with Gasteiger partial charge < -0.3 is 10.1 Å². The third-order valence-electron chi connectivity index (χ3n) is 2.45. The zero-order chi connectivity index (χ0) is 10.6. The summed E-state index contributed by atoms with van der Waals surface area (Å²) in [4.78, 5) is 11.5. The highest BCUT2D eigenvalue weighted by molar-refractivity contribution is 5.79. The number of rotatable bonds is 2. The minimum Gasteiger partial charge on any atom is -0.381 e. The van der Waals surface area contributed by atoms with Crippen LogP contribution in [-0.4, -0.2) is 24.7 Å². The van der Waals surface area contributed by atoms with Gasteiger partial charge in [-0.2, -0.15) is 5.26 Å². The van der Waals surface area contributed by atoms with Crippen LogP contribution in [0.3, 0.4) is 0 Å². The second-order valence-electron chi connectivity index (χ2n) is 3.95. The van der Waals surface area contributed by atoms with Crippen LogP contribution in [0.25, 0.3) is 0 Å². The SMILES string of the molecule is CC(C)C(=O)NC1(C#N)CCOCC1. The van der Waals surface area contributed by atoms with Gasteiger partial charge in [0, 0.05) is 32.0 Å². The van der Waals surface area contributed by atoms with Gasteiger partial charge in [-0.15, -0.1) is 0 Å². The summed E-state index contributed by atoms with van der Waals surface area (Å²) in [5.74, 6) is -0.142. The van der Waals surface area contributed by atoms with Gasteiger partial charge in [0.1, 0.15) is 5.54 Å². The molecule has 0 unspecified atom stereocenters. The van der Waals surface area contributed by atoms with E-state index in [-0.39, 0.29) is 11.8 Å². The molecule has 1 saturated heterocycles. The van der Waals surface area contributed by atoms with Gasteiger partial charge in [0.15, 0.2) is 0 Å². The third kappa shape index (κ3) is 2.46. The maximum atomic E-state index is 11.5. The first-order valence-electron chi connectivity index (χ1n) is 4.91. The average Bonchev–Trinajstić information content (AvgIpc) is 2.19. The molecule has 4 heteroatoms. The molecular weight excluding hydrogens is 180 g/mol. The van der Waals surface area contributed by atoms with Crippen molar-refractivity contribution in [3.05, 3.63) is 0 Å². The number of carbonyl (C=O) groups excluding carboxylic acids is 1. The fraction of sp³-hybridized carbons (Fsp3) is 0.800. The van der Waals surface area contributed by atoms with E-state index in [9.17, 15) is 4.79 Å². The Morgan fingerprint density at radius 1 is 1.50 bits per heavy atom. The van der Waals surface area contributed by atoms with Gasteiger partial charge in [0.05, 0.1) is 6.07 Å². The number of hydrogen-bond acceptors (Lipinski definition) is 3. The number of nitrogens with one attached hydrogen (secondary N) is 1. The molecule has 4 nitrogen and oxygen atoms in total. The van der Waals surface area contributed by atoms with E-state index in [4.69, 9.17) is 10.00 Å². The first-order valence-corrected chi connectivity index (χ1v) is 4.91. The van der Waals surface area contributed by atoms with Crippen molar-refractivity contribution >= 4 is 5.91 Å². The Labute approximate surface area is 84.2 Å². The summed E-state index contributed by atoms with van der Waals surface area (Å²) in [6.07, 6.45) is 1.17. The molecule has 0 aliphatic carbocycles. The maximum Gasteiger partial charge on any atom is 0.223 e. The van der Waals surface area contributed by atoms with E-state index in [0.29, 0.717) is 26.1 Å². The fourth-order valence-electron chi connectivity index (χ4n) is 1.36. The molecule has 0 aromatic rings. The van der Waals surface area contributed by atoms with Gasteiger partial charge in [-0.25, -0.2) is 0 Å². The molecule has 1 heterocycles. The Hall–Kier alpha value is -1.08. The van der Waals surface area contributed by atoms with E-state index in [0.717, 1.165) is 0 Å². The smallest absolute Gasteiger partial charge is 0.223 e. The van der Waals surface area contributed by atoms with Crippen LogP contribution in [0.5, 0.6) is 0 Å². The predicted molar refractivity (Wildman–Crippen MR) is 51.4 cm³/mol. The largest absolute Gasteiger partial charge is 0.381 e. The molecule has 0 bridgehead atoms. The van der Waals surface area contributed by atoms with E-state index in [1.54, 1.807) is 0 Å². The average molecular weight is 196 g/mol. The monoisotopic (exact) mass is 196 g/mol. The predicted octanol–water partition coefficient (Wildman–Crippen LogP) is 0.831. The number of carbonyl (C=O) groups is 1. The molecule has 78 valence electrons. The Bertz CT molecular complexity index is 249. The normalized spacial score (nSPS) is 20.1. The van der Waals surface area contributed by atoms with Crippen molar-refractivity contribution in [3.8, 4) is 6.07 Å². The molecule has 0 aromatic heterocycles. The lowest BCUT2D eigenvalue weighted by Crippen LogP contribution is -2.52. The Morgan fingerprint density at radius 3 is 2.50 bits per heavy atom. The van der Waals surface area contributed by atoms with Gasteiger partial charge in [0.2, 0.25) is 5.91 Å². The van der Waals surface area contributed by atoms with Crippen molar-refractivity contribution in [2.24, 2.45) is 5.92 Å². The second kappa shape index (κ2) is 4.43. The van der Waals surface area contributed by atoms with Crippen LogP contribution < -0.4 is 5.32 Å². The number of amides is 1. The first kappa shape index (κ1) is 11.0. The van der Waals surface area contributed by atoms with Crippen molar-refractivity contribution in [1.82, 2.24) is 5.32 Å². The number of hydrogen-bond donors (Lipinski definition) is 1. The van der Waals surface area contributed by atoms with Crippen LogP contribution in [-0.2, 0) is 9.53 Å². The van der Waals surface area contributed by atoms with Crippen molar-refractivity contribution in [3.63, 3.8) is 0 Å². The topological polar surface area (TPSA) is 62.1 Å². The van der Waals surface area contributed by atoms with E-state index >= 15 is 0 Å². The van der Waals surface area contributed by atoms with E-state index in [1.165, 1.54) is 0 Å². The van der Waals surface area contributed by atoms with E-state index in [2.05, 4.69) is 11.4 Å². The van der Waals surface area contributed by atoms with E-state index < -0.39 is 5.54 Å². The molecule has 0 atom stereocenters. The van der Waals surface area contributed by atoms with E-state index in [1.807, 2.05) is 13.8 Å². The molecule has 1 amide bonds. The minimum absolute atomic E-state index is 0.0616. The van der Waals surface area contributed by atoms with Crippen molar-refractivity contribution < 1.29 is 9.53 Å². The lowest BCUT2D eigenvalue weighted by Gasteiger charge is -2.32. The van der Waals surface area contributed by atoms with Gasteiger partial charge in [-0.1, -0.05) is 13.8 Å². The molecule has 1 N–H and O–H groups in total. The summed E-state index contributed by atoms with van der Waals surface area (Å²) in [7, 11) is 0. The molecule has 0 spiro atoms. The summed E-state index contributed by atoms with van der Waals surface area (Å²) < 4.78 is 5.17. The number of nitriles is 1. The van der Waals surface area contributed by atoms with Gasteiger partial charge in [-0.3, -0.25) is 4.79 Å². The highest BCUT2D eigenvalue weighted by Crippen LogP contribution is 2.20. The van der Waals surface area contributed by atoms with Crippen molar-refractivity contribution in [1.29, 1.82) is 5.26 Å². The Balaban J connectivity index is 2.62. The maximum absolute atomic E-state index is 11.5. The summed E-state index contributed by atoms with van der Waals surface area (Å²) in [6, 6.07) is 2.19. The molecule has 0 saturated carbocycles. The first-order chi connectivity index (χ1) is 6.59. The van der Waals surface area contributed by atoms with Crippen molar-refractivity contribution in [2.45, 2.75) is 32.2 Å². The van der Waals surface area contributed by atoms with Crippen LogP contribution in [0.15, 0.2) is 0 Å². The third-order valence-corrected chi connectivity index (χ3v) is 2.45. The summed E-state index contributed by atoms with van der Waals surface area (Å²) in [5.41, 5.74) is -0.695. The Kier molecular flexibility index (Phi) is 3.48. The molecule has 0 aromatic carbocycles. The number of nitrogens with zero attached hydrogens (tertiary/aromatic N) is 1. The Morgan fingerprint density at radius 2 is 2.07 bits per heavy atom. The summed E-state index contributed by atoms with van der Waals surface area (Å²) >= 11 is 0.